The Balaban J connectivity index is 1.98. The maximum absolute atomic E-state index is 12.2. The third kappa shape index (κ3) is 5.07. The molecule has 2 rings (SSSR count). The van der Waals surface area contributed by atoms with E-state index in [-0.39, 0.29) is 40.8 Å². The van der Waals surface area contributed by atoms with Gasteiger partial charge < -0.3 is 14.8 Å². The summed E-state index contributed by atoms with van der Waals surface area (Å²) in [6.45, 7) is 0. The summed E-state index contributed by atoms with van der Waals surface area (Å²) in [5.41, 5.74) is 1.02. The van der Waals surface area contributed by atoms with Gasteiger partial charge >= 0.3 is 5.97 Å². The molecule has 0 saturated carbocycles. The molecule has 0 fully saturated rings. The molecule has 7 heteroatoms. The first kappa shape index (κ1) is 19.5. The molecule has 0 aliphatic carbocycles. The van der Waals surface area contributed by atoms with Gasteiger partial charge in [-0.05, 0) is 30.3 Å². The highest BCUT2D eigenvalue weighted by Gasteiger charge is 2.13. The van der Waals surface area contributed by atoms with Gasteiger partial charge in [0, 0.05) is 18.4 Å². The average Bonchev–Trinajstić information content (AvgIpc) is 2.67. The number of rotatable bonds is 7. The molecule has 2 aromatic carbocycles. The van der Waals surface area contributed by atoms with Gasteiger partial charge in [0.1, 0.15) is 5.75 Å². The van der Waals surface area contributed by atoms with Gasteiger partial charge in [-0.15, -0.1) is 0 Å². The van der Waals surface area contributed by atoms with E-state index in [0.29, 0.717) is 11.3 Å². The highest BCUT2D eigenvalue weighted by atomic mass is 35.5. The standard InChI is InChI=1S/C19H18ClNO5/c1-25-14-5-3-4-12(10-14)17(22)8-9-18(23)21-16-11-13(19(24)26-2)6-7-15(16)20/h3-7,10-11H,8-9H2,1-2H3,(H,21,23). The Bertz CT molecular complexity index is 834. The van der Waals surface area contributed by atoms with E-state index in [0.717, 1.165) is 0 Å². The number of hydrogen-bond donors (Lipinski definition) is 1. The number of carbonyl (C=O) groups is 3. The molecule has 1 N–H and O–H groups in total. The van der Waals surface area contributed by atoms with Crippen LogP contribution < -0.4 is 10.1 Å². The van der Waals surface area contributed by atoms with Crippen LogP contribution in [0.5, 0.6) is 5.75 Å². The minimum absolute atomic E-state index is 0.0190. The molecular formula is C19H18ClNO5. The second kappa shape index (κ2) is 9.01. The summed E-state index contributed by atoms with van der Waals surface area (Å²) in [6, 6.07) is 11.2. The Labute approximate surface area is 156 Å². The van der Waals surface area contributed by atoms with E-state index in [1.165, 1.54) is 32.4 Å². The maximum Gasteiger partial charge on any atom is 0.337 e. The third-order valence-electron chi connectivity index (χ3n) is 3.63. The second-order valence-corrected chi connectivity index (χ2v) is 5.80. The third-order valence-corrected chi connectivity index (χ3v) is 3.96. The fraction of sp³-hybridized carbons (Fsp3) is 0.211. The maximum atomic E-state index is 12.2. The van der Waals surface area contributed by atoms with Crippen LogP contribution in [-0.2, 0) is 9.53 Å². The van der Waals surface area contributed by atoms with Crippen molar-refractivity contribution >= 4 is 34.9 Å². The first-order valence-electron chi connectivity index (χ1n) is 7.79. The number of anilines is 1. The van der Waals surface area contributed by atoms with Gasteiger partial charge in [0.25, 0.3) is 0 Å². The van der Waals surface area contributed by atoms with Gasteiger partial charge in [-0.2, -0.15) is 0 Å². The minimum Gasteiger partial charge on any atom is -0.497 e. The lowest BCUT2D eigenvalue weighted by atomic mass is 10.1. The lowest BCUT2D eigenvalue weighted by Crippen LogP contribution is -2.14. The molecule has 0 unspecified atom stereocenters. The van der Waals surface area contributed by atoms with Crippen LogP contribution in [0.15, 0.2) is 42.5 Å². The number of Topliss-reactive ketones (excluding diaryl/α,β-unsaturated/α-hetero) is 1. The van der Waals surface area contributed by atoms with Gasteiger partial charge in [-0.3, -0.25) is 9.59 Å². The molecule has 26 heavy (non-hydrogen) atoms. The summed E-state index contributed by atoms with van der Waals surface area (Å²) < 4.78 is 9.71. The number of nitrogens with one attached hydrogen (secondary N) is 1. The van der Waals surface area contributed by atoms with Gasteiger partial charge in [0.15, 0.2) is 5.78 Å². The van der Waals surface area contributed by atoms with E-state index in [4.69, 9.17) is 16.3 Å². The molecule has 0 radical (unpaired) electrons. The summed E-state index contributed by atoms with van der Waals surface area (Å²) in [5.74, 6) is -0.518. The normalized spacial score (nSPS) is 10.1. The van der Waals surface area contributed by atoms with Gasteiger partial charge in [0.2, 0.25) is 5.91 Å². The van der Waals surface area contributed by atoms with Crippen molar-refractivity contribution in [3.8, 4) is 5.75 Å². The number of benzene rings is 2. The number of methoxy groups -OCH3 is 2. The van der Waals surface area contributed by atoms with Crippen LogP contribution in [0.25, 0.3) is 0 Å². The SMILES string of the molecule is COC(=O)c1ccc(Cl)c(NC(=O)CCC(=O)c2cccc(OC)c2)c1. The van der Waals surface area contributed by atoms with Crippen LogP contribution in [0.3, 0.4) is 0 Å². The molecule has 0 aromatic heterocycles. The van der Waals surface area contributed by atoms with E-state index in [1.54, 1.807) is 24.3 Å². The molecule has 0 bridgehead atoms. The van der Waals surface area contributed by atoms with E-state index < -0.39 is 5.97 Å². The fourth-order valence-electron chi connectivity index (χ4n) is 2.25. The van der Waals surface area contributed by atoms with Crippen molar-refractivity contribution in [3.05, 3.63) is 58.6 Å². The van der Waals surface area contributed by atoms with E-state index in [2.05, 4.69) is 10.1 Å². The van der Waals surface area contributed by atoms with Crippen molar-refractivity contribution in [3.63, 3.8) is 0 Å². The summed E-state index contributed by atoms with van der Waals surface area (Å²) >= 11 is 6.03. The molecule has 0 heterocycles. The van der Waals surface area contributed by atoms with Crippen molar-refractivity contribution in [2.45, 2.75) is 12.8 Å². The van der Waals surface area contributed by atoms with Gasteiger partial charge in [-0.25, -0.2) is 4.79 Å². The molecule has 0 aliphatic rings. The van der Waals surface area contributed by atoms with Crippen molar-refractivity contribution < 1.29 is 23.9 Å². The van der Waals surface area contributed by atoms with Crippen molar-refractivity contribution in [2.75, 3.05) is 19.5 Å². The van der Waals surface area contributed by atoms with Crippen LogP contribution >= 0.6 is 11.6 Å². The monoisotopic (exact) mass is 375 g/mol. The zero-order chi connectivity index (χ0) is 19.1. The highest BCUT2D eigenvalue weighted by molar-refractivity contribution is 6.33. The van der Waals surface area contributed by atoms with Crippen LogP contribution in [0.4, 0.5) is 5.69 Å². The highest BCUT2D eigenvalue weighted by Crippen LogP contribution is 2.24. The Morgan fingerprint density at radius 1 is 1.00 bits per heavy atom. The van der Waals surface area contributed by atoms with Crippen LogP contribution in [-0.4, -0.2) is 31.9 Å². The van der Waals surface area contributed by atoms with Gasteiger partial charge in [0.05, 0.1) is 30.5 Å². The van der Waals surface area contributed by atoms with Crippen LogP contribution in [0, 0.1) is 0 Å². The number of ether oxygens (including phenoxy) is 2. The largest absolute Gasteiger partial charge is 0.497 e. The van der Waals surface area contributed by atoms with E-state index >= 15 is 0 Å². The first-order valence-corrected chi connectivity index (χ1v) is 8.17. The molecule has 136 valence electrons. The van der Waals surface area contributed by atoms with Crippen molar-refractivity contribution in [1.29, 1.82) is 0 Å². The summed E-state index contributed by atoms with van der Waals surface area (Å²) in [5, 5.41) is 2.89. The number of esters is 1. The molecule has 0 spiro atoms. The zero-order valence-electron chi connectivity index (χ0n) is 14.4. The molecule has 1 amide bonds. The lowest BCUT2D eigenvalue weighted by molar-refractivity contribution is -0.116. The Morgan fingerprint density at radius 3 is 2.46 bits per heavy atom. The van der Waals surface area contributed by atoms with Crippen LogP contribution in [0.2, 0.25) is 5.02 Å². The number of ketones is 1. The number of amides is 1. The van der Waals surface area contributed by atoms with Crippen molar-refractivity contribution in [2.24, 2.45) is 0 Å². The summed E-state index contributed by atoms with van der Waals surface area (Å²) in [4.78, 5) is 35.9. The molecule has 0 saturated heterocycles. The molecular weight excluding hydrogens is 358 g/mol. The number of halogens is 1. The molecule has 2 aromatic rings. The fourth-order valence-corrected chi connectivity index (χ4v) is 2.41. The molecule has 0 aliphatic heterocycles. The second-order valence-electron chi connectivity index (χ2n) is 5.39. The molecule has 0 atom stereocenters. The number of hydrogen-bond acceptors (Lipinski definition) is 5. The first-order chi connectivity index (χ1) is 12.4. The zero-order valence-corrected chi connectivity index (χ0v) is 15.1. The summed E-state index contributed by atoms with van der Waals surface area (Å²) in [6.07, 6.45) is 0.0160. The predicted octanol–water partition coefficient (Wildman–Crippen LogP) is 3.74. The average molecular weight is 376 g/mol. The summed E-state index contributed by atoms with van der Waals surface area (Å²) in [7, 11) is 2.78. The van der Waals surface area contributed by atoms with Gasteiger partial charge in [-0.1, -0.05) is 23.7 Å². The Hall–Kier alpha value is -2.86. The minimum atomic E-state index is -0.537. The molecule has 6 nitrogen and oxygen atoms in total. The van der Waals surface area contributed by atoms with Crippen LogP contribution in [0.1, 0.15) is 33.6 Å². The van der Waals surface area contributed by atoms with E-state index in [9.17, 15) is 14.4 Å². The number of carbonyl (C=O) groups excluding carboxylic acids is 3. The Kier molecular flexibility index (Phi) is 6.74. The topological polar surface area (TPSA) is 81.7 Å². The van der Waals surface area contributed by atoms with Crippen molar-refractivity contribution in [1.82, 2.24) is 0 Å². The quantitative estimate of drug-likeness (QED) is 0.589. The van der Waals surface area contributed by atoms with E-state index in [1.807, 2.05) is 0 Å². The smallest absolute Gasteiger partial charge is 0.337 e. The lowest BCUT2D eigenvalue weighted by Gasteiger charge is -2.09. The Morgan fingerprint density at radius 2 is 1.77 bits per heavy atom. The predicted molar refractivity (Wildman–Crippen MR) is 98.0 cm³/mol.